The highest BCUT2D eigenvalue weighted by Gasteiger charge is 2.48. The van der Waals surface area contributed by atoms with Gasteiger partial charge in [0.15, 0.2) is 0 Å². The molecule has 2 fully saturated rings. The Morgan fingerprint density at radius 1 is 0.857 bits per heavy atom. The van der Waals surface area contributed by atoms with Crippen molar-refractivity contribution in [2.45, 2.75) is 40.0 Å². The quantitative estimate of drug-likeness (QED) is 0.289. The summed E-state index contributed by atoms with van der Waals surface area (Å²) >= 11 is 0. The summed E-state index contributed by atoms with van der Waals surface area (Å²) in [6.07, 6.45) is 3.33. The third kappa shape index (κ3) is 4.16. The summed E-state index contributed by atoms with van der Waals surface area (Å²) in [5.74, 6) is -1.79. The van der Waals surface area contributed by atoms with Gasteiger partial charge in [-0.25, -0.2) is 0 Å². The van der Waals surface area contributed by atoms with Crippen molar-refractivity contribution in [2.75, 3.05) is 16.3 Å². The summed E-state index contributed by atoms with van der Waals surface area (Å²) in [6.45, 7) is 6.25. The van der Waals surface area contributed by atoms with Gasteiger partial charge in [0.05, 0.1) is 23.4 Å². The third-order valence-electron chi connectivity index (χ3n) is 7.40. The van der Waals surface area contributed by atoms with Crippen LogP contribution in [0.3, 0.4) is 0 Å². The molecule has 35 heavy (non-hydrogen) atoms. The Morgan fingerprint density at radius 3 is 2.26 bits per heavy atom. The molecule has 0 unspecified atom stereocenters. The summed E-state index contributed by atoms with van der Waals surface area (Å²) in [5.41, 5.74) is 4.62. The number of hydrogen-bond donors (Lipinski definition) is 0. The number of hydrogen-bond acceptors (Lipinski definition) is 5. The molecular weight excluding hydrogens is 444 g/mol. The van der Waals surface area contributed by atoms with Crippen LogP contribution < -0.4 is 14.5 Å². The van der Waals surface area contributed by atoms with Crippen molar-refractivity contribution < 1.29 is 23.9 Å². The van der Waals surface area contributed by atoms with Crippen LogP contribution in [0.5, 0.6) is 5.75 Å². The summed E-state index contributed by atoms with van der Waals surface area (Å²) in [5, 5.41) is 0. The van der Waals surface area contributed by atoms with Crippen LogP contribution in [0, 0.1) is 31.6 Å². The second kappa shape index (κ2) is 8.80. The Bertz CT molecular complexity index is 1260. The molecule has 2 aliphatic heterocycles. The van der Waals surface area contributed by atoms with Crippen LogP contribution in [-0.4, -0.2) is 30.2 Å². The fourth-order valence-electron chi connectivity index (χ4n) is 5.16. The van der Waals surface area contributed by atoms with Crippen molar-refractivity contribution in [3.63, 3.8) is 0 Å². The van der Waals surface area contributed by atoms with Crippen molar-refractivity contribution in [3.05, 3.63) is 65.2 Å². The predicted octanol–water partition coefficient (Wildman–Crippen LogP) is 4.11. The van der Waals surface area contributed by atoms with E-state index in [4.69, 9.17) is 4.74 Å². The van der Waals surface area contributed by atoms with Gasteiger partial charge in [0, 0.05) is 18.7 Å². The van der Waals surface area contributed by atoms with Crippen LogP contribution in [0.2, 0.25) is 0 Å². The van der Waals surface area contributed by atoms with Crippen LogP contribution in [-0.2, 0) is 19.2 Å². The van der Waals surface area contributed by atoms with Gasteiger partial charge in [-0.2, -0.15) is 0 Å². The lowest BCUT2D eigenvalue weighted by atomic mass is 9.82. The molecule has 0 radical (unpaired) electrons. The monoisotopic (exact) mass is 472 g/mol. The molecule has 7 nitrogen and oxygen atoms in total. The van der Waals surface area contributed by atoms with Crippen LogP contribution in [0.4, 0.5) is 11.4 Å². The van der Waals surface area contributed by atoms with Gasteiger partial charge in [0.25, 0.3) is 0 Å². The minimum Gasteiger partial charge on any atom is -0.426 e. The molecule has 2 saturated heterocycles. The number of nitrogens with zero attached hydrogens (tertiary/aromatic N) is 2. The number of carbonyl (C=O) groups excluding carboxylic acids is 4. The minimum atomic E-state index is -0.565. The maximum absolute atomic E-state index is 12.9. The number of imide groups is 1. The molecule has 2 heterocycles. The summed E-state index contributed by atoms with van der Waals surface area (Å²) < 4.78 is 5.54. The van der Waals surface area contributed by atoms with Gasteiger partial charge < -0.3 is 9.64 Å². The lowest BCUT2D eigenvalue weighted by Gasteiger charge is -2.18. The van der Waals surface area contributed by atoms with Crippen molar-refractivity contribution in [3.8, 4) is 5.75 Å². The molecule has 7 heteroatoms. The van der Waals surface area contributed by atoms with Gasteiger partial charge in [-0.15, -0.1) is 0 Å². The van der Waals surface area contributed by atoms with E-state index < -0.39 is 11.9 Å². The van der Waals surface area contributed by atoms with Crippen LogP contribution in [0.1, 0.15) is 37.3 Å². The summed E-state index contributed by atoms with van der Waals surface area (Å²) in [4.78, 5) is 54.0. The Hall–Kier alpha value is -3.74. The fraction of sp³-hybridized carbons (Fsp3) is 0.357. The number of amides is 3. The second-order valence-electron chi connectivity index (χ2n) is 9.80. The maximum Gasteiger partial charge on any atom is 0.316 e. The van der Waals surface area contributed by atoms with E-state index in [9.17, 15) is 19.2 Å². The van der Waals surface area contributed by atoms with Gasteiger partial charge in [-0.05, 0) is 81.1 Å². The van der Waals surface area contributed by atoms with Crippen molar-refractivity contribution in [1.29, 1.82) is 0 Å². The molecule has 180 valence electrons. The first-order valence-electron chi connectivity index (χ1n) is 12.0. The van der Waals surface area contributed by atoms with E-state index in [2.05, 4.69) is 0 Å². The van der Waals surface area contributed by atoms with E-state index in [0.717, 1.165) is 22.4 Å². The van der Waals surface area contributed by atoms with Gasteiger partial charge in [0.1, 0.15) is 5.75 Å². The molecule has 5 rings (SSSR count). The van der Waals surface area contributed by atoms with Gasteiger partial charge in [-0.1, -0.05) is 17.7 Å². The predicted molar refractivity (Wildman–Crippen MR) is 131 cm³/mol. The van der Waals surface area contributed by atoms with Crippen LogP contribution in [0.25, 0.3) is 0 Å². The van der Waals surface area contributed by atoms with Crippen molar-refractivity contribution >= 4 is 35.1 Å². The topological polar surface area (TPSA) is 84.0 Å². The SMILES string of the molecule is CC1=CC[C@@H]2C(=O)N(c3ccc(OC(=O)[C@@H]4CC(=O)N(c5ccc(C)c(C)c5)C4)cc3)C(=O)[C@@H]2C1. The molecule has 0 spiro atoms. The number of allylic oxidation sites excluding steroid dienone is 2. The second-order valence-corrected chi connectivity index (χ2v) is 9.80. The number of anilines is 2. The van der Waals surface area contributed by atoms with E-state index >= 15 is 0 Å². The number of ether oxygens (including phenoxy) is 1. The van der Waals surface area contributed by atoms with E-state index in [1.165, 1.54) is 4.90 Å². The van der Waals surface area contributed by atoms with E-state index in [0.29, 0.717) is 24.3 Å². The van der Waals surface area contributed by atoms with Gasteiger partial charge >= 0.3 is 5.97 Å². The molecule has 3 atom stereocenters. The lowest BCUT2D eigenvalue weighted by molar-refractivity contribution is -0.139. The molecule has 0 bridgehead atoms. The molecule has 0 saturated carbocycles. The number of esters is 1. The molecule has 2 aromatic rings. The highest BCUT2D eigenvalue weighted by Crippen LogP contribution is 2.40. The summed E-state index contributed by atoms with van der Waals surface area (Å²) in [6, 6.07) is 12.2. The number of fused-ring (bicyclic) bond motifs is 1. The zero-order valence-corrected chi connectivity index (χ0v) is 20.1. The van der Waals surface area contributed by atoms with E-state index in [1.54, 1.807) is 29.2 Å². The highest BCUT2D eigenvalue weighted by atomic mass is 16.5. The Labute approximate surface area is 204 Å². The first-order valence-corrected chi connectivity index (χ1v) is 12.0. The molecular formula is C28H28N2O5. The van der Waals surface area contributed by atoms with Crippen molar-refractivity contribution in [1.82, 2.24) is 0 Å². The molecule has 3 amide bonds. The van der Waals surface area contributed by atoms with E-state index in [-0.39, 0.29) is 42.5 Å². The zero-order chi connectivity index (χ0) is 24.9. The third-order valence-corrected chi connectivity index (χ3v) is 7.40. The number of carbonyl (C=O) groups is 4. The first kappa shape index (κ1) is 23.0. The maximum atomic E-state index is 12.9. The summed E-state index contributed by atoms with van der Waals surface area (Å²) in [7, 11) is 0. The smallest absolute Gasteiger partial charge is 0.316 e. The molecule has 1 aliphatic carbocycles. The number of rotatable bonds is 4. The van der Waals surface area contributed by atoms with Gasteiger partial charge in [-0.3, -0.25) is 24.1 Å². The molecule has 2 aromatic carbocycles. The van der Waals surface area contributed by atoms with Crippen molar-refractivity contribution in [2.24, 2.45) is 17.8 Å². The average Bonchev–Trinajstić information content (AvgIpc) is 3.34. The van der Waals surface area contributed by atoms with Gasteiger partial charge in [0.2, 0.25) is 17.7 Å². The average molecular weight is 473 g/mol. The first-order chi connectivity index (χ1) is 16.7. The molecule has 0 N–H and O–H groups in total. The number of aryl methyl sites for hydroxylation is 2. The Balaban J connectivity index is 1.24. The standard InChI is InChI=1S/C28H28N2O5/c1-16-4-11-23-24(12-16)27(33)30(26(23)32)20-7-9-22(10-8-20)35-28(34)19-14-25(31)29(15-19)21-6-5-17(2)18(3)13-21/h4-10,13,19,23-24H,11-12,14-15H2,1-3H3/t19-,23+,24-/m1/s1. The normalized spacial score (nSPS) is 24.0. The number of benzene rings is 2. The highest BCUT2D eigenvalue weighted by molar-refractivity contribution is 6.22. The molecule has 3 aliphatic rings. The minimum absolute atomic E-state index is 0.0941. The molecule has 0 aromatic heterocycles. The lowest BCUT2D eigenvalue weighted by Crippen LogP contribution is -2.30. The largest absolute Gasteiger partial charge is 0.426 e. The zero-order valence-electron chi connectivity index (χ0n) is 20.1. The fourth-order valence-corrected chi connectivity index (χ4v) is 5.16. The Morgan fingerprint density at radius 2 is 1.54 bits per heavy atom. The Kier molecular flexibility index (Phi) is 5.79. The van der Waals surface area contributed by atoms with Crippen LogP contribution in [0.15, 0.2) is 54.1 Å². The van der Waals surface area contributed by atoms with Crippen LogP contribution >= 0.6 is 0 Å². The van der Waals surface area contributed by atoms with E-state index in [1.807, 2.05) is 45.0 Å².